The monoisotopic (exact) mass is 284 g/mol. The minimum absolute atomic E-state index is 0.0570. The van der Waals surface area contributed by atoms with Gasteiger partial charge >= 0.3 is 11.9 Å². The van der Waals surface area contributed by atoms with E-state index in [0.717, 1.165) is 18.2 Å². The van der Waals surface area contributed by atoms with E-state index in [1.807, 2.05) is 0 Å². The van der Waals surface area contributed by atoms with Crippen LogP contribution in [0, 0.1) is 5.82 Å². The average Bonchev–Trinajstić information content (AvgIpc) is 2.40. The highest BCUT2D eigenvalue weighted by atomic mass is 19.1. The highest BCUT2D eigenvalue weighted by Crippen LogP contribution is 2.16. The Labute approximate surface area is 113 Å². The van der Waals surface area contributed by atoms with Crippen molar-refractivity contribution in [3.05, 3.63) is 29.6 Å². The molecule has 0 aliphatic carbocycles. The number of anilines is 1. The topological polar surface area (TPSA) is 119 Å². The van der Waals surface area contributed by atoms with Gasteiger partial charge in [0.2, 0.25) is 0 Å². The number of amides is 1. The van der Waals surface area contributed by atoms with E-state index in [2.05, 4.69) is 10.1 Å². The Morgan fingerprint density at radius 3 is 2.60 bits per heavy atom. The second kappa shape index (κ2) is 6.62. The molecular formula is C12H13FN2O5. The minimum Gasteiger partial charge on any atom is -0.478 e. The van der Waals surface area contributed by atoms with E-state index in [1.54, 1.807) is 6.92 Å². The molecule has 1 rings (SSSR count). The smallest absolute Gasteiger partial charge is 0.335 e. The van der Waals surface area contributed by atoms with Crippen LogP contribution in [-0.2, 0) is 14.3 Å². The zero-order valence-corrected chi connectivity index (χ0v) is 10.6. The third kappa shape index (κ3) is 3.75. The number of aromatic carboxylic acids is 1. The van der Waals surface area contributed by atoms with Gasteiger partial charge in [0.1, 0.15) is 5.82 Å². The SMILES string of the molecule is CCOC(=O)C(N)C(=O)Nc1ccc(C(=O)O)cc1F. The lowest BCUT2D eigenvalue weighted by atomic mass is 10.2. The molecule has 1 aromatic carbocycles. The highest BCUT2D eigenvalue weighted by Gasteiger charge is 2.24. The van der Waals surface area contributed by atoms with Gasteiger partial charge in [0.05, 0.1) is 17.9 Å². The first-order chi connectivity index (χ1) is 9.36. The van der Waals surface area contributed by atoms with Gasteiger partial charge in [0.15, 0.2) is 6.04 Å². The molecule has 20 heavy (non-hydrogen) atoms. The summed E-state index contributed by atoms with van der Waals surface area (Å²) in [5, 5.41) is 10.7. The van der Waals surface area contributed by atoms with Gasteiger partial charge in [0, 0.05) is 0 Å². The number of esters is 1. The maximum atomic E-state index is 13.5. The summed E-state index contributed by atoms with van der Waals surface area (Å²) in [5.74, 6) is -4.14. The van der Waals surface area contributed by atoms with Crippen molar-refractivity contribution >= 4 is 23.5 Å². The molecule has 1 unspecified atom stereocenters. The second-order valence-electron chi connectivity index (χ2n) is 3.72. The number of nitrogens with one attached hydrogen (secondary N) is 1. The van der Waals surface area contributed by atoms with Crippen LogP contribution in [0.1, 0.15) is 17.3 Å². The van der Waals surface area contributed by atoms with Crippen LogP contribution in [-0.4, -0.2) is 35.6 Å². The molecule has 0 heterocycles. The summed E-state index contributed by atoms with van der Waals surface area (Å²) in [7, 11) is 0. The van der Waals surface area contributed by atoms with Crippen molar-refractivity contribution in [1.29, 1.82) is 0 Å². The third-order valence-electron chi connectivity index (χ3n) is 2.30. The van der Waals surface area contributed by atoms with E-state index in [0.29, 0.717) is 0 Å². The first-order valence-electron chi connectivity index (χ1n) is 5.62. The lowest BCUT2D eigenvalue weighted by Crippen LogP contribution is -2.43. The number of benzene rings is 1. The highest BCUT2D eigenvalue weighted by molar-refractivity contribution is 6.08. The molecule has 0 aliphatic heterocycles. The average molecular weight is 284 g/mol. The summed E-state index contributed by atoms with van der Waals surface area (Å²) in [4.78, 5) is 33.4. The van der Waals surface area contributed by atoms with E-state index in [-0.39, 0.29) is 17.9 Å². The van der Waals surface area contributed by atoms with Gasteiger partial charge in [0.25, 0.3) is 5.91 Å². The van der Waals surface area contributed by atoms with E-state index in [4.69, 9.17) is 10.8 Å². The number of halogens is 1. The van der Waals surface area contributed by atoms with Crippen LogP contribution < -0.4 is 11.1 Å². The minimum atomic E-state index is -1.59. The van der Waals surface area contributed by atoms with E-state index in [9.17, 15) is 18.8 Å². The summed E-state index contributed by atoms with van der Waals surface area (Å²) in [6, 6.07) is 1.33. The van der Waals surface area contributed by atoms with E-state index in [1.165, 1.54) is 0 Å². The van der Waals surface area contributed by atoms with Crippen molar-refractivity contribution in [1.82, 2.24) is 0 Å². The van der Waals surface area contributed by atoms with Gasteiger partial charge in [-0.25, -0.2) is 14.0 Å². The Morgan fingerprint density at radius 1 is 1.45 bits per heavy atom. The maximum Gasteiger partial charge on any atom is 0.335 e. The number of hydrogen-bond donors (Lipinski definition) is 3. The van der Waals surface area contributed by atoms with E-state index < -0.39 is 29.7 Å². The molecule has 1 atom stereocenters. The molecule has 0 aromatic heterocycles. The largest absolute Gasteiger partial charge is 0.478 e. The van der Waals surface area contributed by atoms with Gasteiger partial charge in [-0.1, -0.05) is 0 Å². The molecule has 0 saturated heterocycles. The van der Waals surface area contributed by atoms with Crippen LogP contribution in [0.15, 0.2) is 18.2 Å². The molecule has 8 heteroatoms. The molecule has 0 aliphatic rings. The van der Waals surface area contributed by atoms with Gasteiger partial charge < -0.3 is 20.9 Å². The van der Waals surface area contributed by atoms with Gasteiger partial charge in [-0.15, -0.1) is 0 Å². The number of ether oxygens (including phenoxy) is 1. The van der Waals surface area contributed by atoms with Gasteiger partial charge in [-0.05, 0) is 25.1 Å². The lowest BCUT2D eigenvalue weighted by Gasteiger charge is -2.11. The molecule has 7 nitrogen and oxygen atoms in total. The number of carboxylic acid groups (broad SMARTS) is 1. The first-order valence-corrected chi connectivity index (χ1v) is 5.62. The summed E-state index contributed by atoms with van der Waals surface area (Å²) in [6.07, 6.45) is 0. The molecule has 0 fully saturated rings. The van der Waals surface area contributed by atoms with Gasteiger partial charge in [-0.2, -0.15) is 0 Å². The molecule has 0 spiro atoms. The van der Waals surface area contributed by atoms with Crippen LogP contribution in [0.4, 0.5) is 10.1 Å². The molecule has 1 aromatic rings. The summed E-state index contributed by atoms with van der Waals surface area (Å²) >= 11 is 0. The fraction of sp³-hybridized carbons (Fsp3) is 0.250. The predicted octanol–water partition coefficient (Wildman–Crippen LogP) is 0.353. The fourth-order valence-corrected chi connectivity index (χ4v) is 1.30. The van der Waals surface area contributed by atoms with Crippen molar-refractivity contribution < 1.29 is 28.6 Å². The zero-order valence-electron chi connectivity index (χ0n) is 10.6. The number of carbonyl (C=O) groups excluding carboxylic acids is 2. The normalized spacial score (nSPS) is 11.6. The van der Waals surface area contributed by atoms with E-state index >= 15 is 0 Å². The van der Waals surface area contributed by atoms with Gasteiger partial charge in [-0.3, -0.25) is 4.79 Å². The molecule has 0 bridgehead atoms. The Bertz CT molecular complexity index is 547. The van der Waals surface area contributed by atoms with Crippen LogP contribution >= 0.6 is 0 Å². The second-order valence-corrected chi connectivity index (χ2v) is 3.72. The number of carboxylic acids is 1. The van der Waals surface area contributed by atoms with Crippen LogP contribution in [0.2, 0.25) is 0 Å². The van der Waals surface area contributed by atoms with Crippen LogP contribution in [0.3, 0.4) is 0 Å². The molecule has 4 N–H and O–H groups in total. The van der Waals surface area contributed by atoms with Crippen molar-refractivity contribution in [2.45, 2.75) is 13.0 Å². The molecular weight excluding hydrogens is 271 g/mol. The summed E-state index contributed by atoms with van der Waals surface area (Å²) in [6.45, 7) is 1.61. The zero-order chi connectivity index (χ0) is 15.3. The Hall–Kier alpha value is -2.48. The number of carbonyl (C=O) groups is 3. The summed E-state index contributed by atoms with van der Waals surface area (Å²) < 4.78 is 18.1. The quantitative estimate of drug-likeness (QED) is 0.530. The van der Waals surface area contributed by atoms with Crippen molar-refractivity contribution in [3.63, 3.8) is 0 Å². The standard InChI is InChI=1S/C12H13FN2O5/c1-2-20-12(19)9(14)10(16)15-8-4-3-6(11(17)18)5-7(8)13/h3-5,9H,2,14H2,1H3,(H,15,16)(H,17,18). The Kier molecular flexibility index (Phi) is 5.15. The molecule has 108 valence electrons. The predicted molar refractivity (Wildman–Crippen MR) is 66.6 cm³/mol. The Balaban J connectivity index is 2.81. The third-order valence-corrected chi connectivity index (χ3v) is 2.30. The molecule has 0 radical (unpaired) electrons. The number of hydrogen-bond acceptors (Lipinski definition) is 5. The number of nitrogens with two attached hydrogens (primary N) is 1. The lowest BCUT2D eigenvalue weighted by molar-refractivity contribution is -0.146. The molecule has 0 saturated carbocycles. The van der Waals surface area contributed by atoms with Crippen LogP contribution in [0.5, 0.6) is 0 Å². The van der Waals surface area contributed by atoms with Crippen molar-refractivity contribution in [2.24, 2.45) is 5.73 Å². The summed E-state index contributed by atoms with van der Waals surface area (Å²) in [5.41, 5.74) is 4.77. The van der Waals surface area contributed by atoms with Crippen molar-refractivity contribution in [2.75, 3.05) is 11.9 Å². The maximum absolute atomic E-state index is 13.5. The van der Waals surface area contributed by atoms with Crippen LogP contribution in [0.25, 0.3) is 0 Å². The van der Waals surface area contributed by atoms with Crippen molar-refractivity contribution in [3.8, 4) is 0 Å². The first kappa shape index (κ1) is 15.6. The number of rotatable bonds is 5. The Morgan fingerprint density at radius 2 is 2.10 bits per heavy atom. The molecule has 1 amide bonds. The fourth-order valence-electron chi connectivity index (χ4n) is 1.30.